The van der Waals surface area contributed by atoms with E-state index < -0.39 is 0 Å². The Morgan fingerprint density at radius 3 is 2.72 bits per heavy atom. The van der Waals surface area contributed by atoms with Crippen LogP contribution < -0.4 is 10.6 Å². The molecule has 1 aromatic carbocycles. The number of aryl methyl sites for hydroxylation is 1. The maximum atomic E-state index is 5.75. The molecule has 1 atom stereocenters. The molecule has 2 heteroatoms. The first-order chi connectivity index (χ1) is 8.48. The Kier molecular flexibility index (Phi) is 3.67. The van der Waals surface area contributed by atoms with E-state index in [9.17, 15) is 0 Å². The van der Waals surface area contributed by atoms with Gasteiger partial charge in [0.15, 0.2) is 0 Å². The Hall–Kier alpha value is -1.02. The Balaban J connectivity index is 2.32. The molecule has 0 saturated carbocycles. The molecule has 1 heterocycles. The molecule has 2 N–H and O–H groups in total. The van der Waals surface area contributed by atoms with Crippen molar-refractivity contribution >= 4 is 5.69 Å². The van der Waals surface area contributed by atoms with Gasteiger partial charge in [-0.25, -0.2) is 0 Å². The topological polar surface area (TPSA) is 29.3 Å². The van der Waals surface area contributed by atoms with Crippen LogP contribution in [-0.4, -0.2) is 18.6 Å². The highest BCUT2D eigenvalue weighted by Crippen LogP contribution is 2.41. The molecule has 0 aromatic heterocycles. The van der Waals surface area contributed by atoms with Crippen LogP contribution >= 0.6 is 0 Å². The fourth-order valence-electron chi connectivity index (χ4n) is 3.30. The van der Waals surface area contributed by atoms with Crippen LogP contribution in [0.5, 0.6) is 0 Å². The number of anilines is 1. The Morgan fingerprint density at radius 1 is 1.33 bits per heavy atom. The van der Waals surface area contributed by atoms with Crippen molar-refractivity contribution in [3.8, 4) is 0 Å². The van der Waals surface area contributed by atoms with Crippen molar-refractivity contribution in [2.45, 2.75) is 46.1 Å². The molecule has 18 heavy (non-hydrogen) atoms. The van der Waals surface area contributed by atoms with Crippen molar-refractivity contribution in [2.24, 2.45) is 11.7 Å². The standard InChI is InChI=1S/C16H26N2/c1-12-6-5-7-15(13(12)2)18-11-9-14(8-10-17)16(18,3)4/h5-7,14H,8-11,17H2,1-4H3. The van der Waals surface area contributed by atoms with E-state index in [1.807, 2.05) is 0 Å². The predicted octanol–water partition coefficient (Wildman–Crippen LogP) is 3.26. The number of nitrogens with zero attached hydrogens (tertiary/aromatic N) is 1. The minimum absolute atomic E-state index is 0.220. The molecule has 0 spiro atoms. The first kappa shape index (κ1) is 13.4. The number of hydrogen-bond donors (Lipinski definition) is 1. The molecular formula is C16H26N2. The van der Waals surface area contributed by atoms with E-state index in [-0.39, 0.29) is 5.54 Å². The lowest BCUT2D eigenvalue weighted by molar-refractivity contribution is 0.348. The molecule has 1 aliphatic rings. The van der Waals surface area contributed by atoms with Crippen molar-refractivity contribution in [3.63, 3.8) is 0 Å². The summed E-state index contributed by atoms with van der Waals surface area (Å²) in [5.74, 6) is 0.711. The summed E-state index contributed by atoms with van der Waals surface area (Å²) in [6.07, 6.45) is 2.39. The summed E-state index contributed by atoms with van der Waals surface area (Å²) in [5, 5.41) is 0. The van der Waals surface area contributed by atoms with Gasteiger partial charge in [0.05, 0.1) is 0 Å². The highest BCUT2D eigenvalue weighted by molar-refractivity contribution is 5.58. The smallest absolute Gasteiger partial charge is 0.0403 e. The lowest BCUT2D eigenvalue weighted by Gasteiger charge is -2.39. The van der Waals surface area contributed by atoms with Crippen molar-refractivity contribution in [3.05, 3.63) is 29.3 Å². The lowest BCUT2D eigenvalue weighted by Crippen LogP contribution is -2.43. The summed E-state index contributed by atoms with van der Waals surface area (Å²) in [4.78, 5) is 2.58. The molecule has 0 amide bonds. The van der Waals surface area contributed by atoms with Gasteiger partial charge in [0.1, 0.15) is 0 Å². The molecule has 2 rings (SSSR count). The fraction of sp³-hybridized carbons (Fsp3) is 0.625. The first-order valence-electron chi connectivity index (χ1n) is 7.02. The zero-order valence-electron chi connectivity index (χ0n) is 12.2. The average Bonchev–Trinajstić information content (AvgIpc) is 2.60. The van der Waals surface area contributed by atoms with Crippen molar-refractivity contribution < 1.29 is 0 Å². The first-order valence-corrected chi connectivity index (χ1v) is 7.02. The third kappa shape index (κ3) is 2.14. The van der Waals surface area contributed by atoms with Gasteiger partial charge in [-0.2, -0.15) is 0 Å². The maximum Gasteiger partial charge on any atom is 0.0403 e. The van der Waals surface area contributed by atoms with Crippen LogP contribution in [0.2, 0.25) is 0 Å². The van der Waals surface area contributed by atoms with Crippen LogP contribution in [0.25, 0.3) is 0 Å². The number of rotatable bonds is 3. The Morgan fingerprint density at radius 2 is 2.06 bits per heavy atom. The quantitative estimate of drug-likeness (QED) is 0.887. The number of hydrogen-bond acceptors (Lipinski definition) is 2. The highest BCUT2D eigenvalue weighted by Gasteiger charge is 2.40. The highest BCUT2D eigenvalue weighted by atomic mass is 15.2. The molecule has 1 fully saturated rings. The SMILES string of the molecule is Cc1cccc(N2CCC(CCN)C2(C)C)c1C. The second-order valence-electron chi connectivity index (χ2n) is 6.09. The molecule has 0 radical (unpaired) electrons. The van der Waals surface area contributed by atoms with Gasteiger partial charge in [-0.15, -0.1) is 0 Å². The molecule has 1 unspecified atom stereocenters. The van der Waals surface area contributed by atoms with Gasteiger partial charge >= 0.3 is 0 Å². The summed E-state index contributed by atoms with van der Waals surface area (Å²) in [6.45, 7) is 11.1. The normalized spacial score (nSPS) is 22.5. The van der Waals surface area contributed by atoms with Crippen LogP contribution in [-0.2, 0) is 0 Å². The van der Waals surface area contributed by atoms with Crippen LogP contribution in [0.15, 0.2) is 18.2 Å². The zero-order valence-corrected chi connectivity index (χ0v) is 12.2. The van der Waals surface area contributed by atoms with E-state index in [1.54, 1.807) is 0 Å². The summed E-state index contributed by atoms with van der Waals surface area (Å²) >= 11 is 0. The van der Waals surface area contributed by atoms with E-state index in [0.29, 0.717) is 5.92 Å². The van der Waals surface area contributed by atoms with E-state index >= 15 is 0 Å². The monoisotopic (exact) mass is 246 g/mol. The summed E-state index contributed by atoms with van der Waals surface area (Å²) in [7, 11) is 0. The number of nitrogens with two attached hydrogens (primary N) is 1. The zero-order chi connectivity index (χ0) is 13.3. The lowest BCUT2D eigenvalue weighted by atomic mass is 9.85. The van der Waals surface area contributed by atoms with Gasteiger partial charge in [-0.3, -0.25) is 0 Å². The largest absolute Gasteiger partial charge is 0.366 e. The minimum Gasteiger partial charge on any atom is -0.366 e. The minimum atomic E-state index is 0.220. The van der Waals surface area contributed by atoms with Gasteiger partial charge in [0.2, 0.25) is 0 Å². The number of benzene rings is 1. The third-order valence-corrected chi connectivity index (χ3v) is 4.78. The summed E-state index contributed by atoms with van der Waals surface area (Å²) in [6, 6.07) is 6.62. The maximum absolute atomic E-state index is 5.75. The van der Waals surface area contributed by atoms with E-state index in [1.165, 1.54) is 23.2 Å². The van der Waals surface area contributed by atoms with Crippen LogP contribution in [0, 0.1) is 19.8 Å². The van der Waals surface area contributed by atoms with Gasteiger partial charge in [-0.05, 0) is 70.2 Å². The molecular weight excluding hydrogens is 220 g/mol. The van der Waals surface area contributed by atoms with E-state index in [0.717, 1.165) is 19.5 Å². The fourth-order valence-corrected chi connectivity index (χ4v) is 3.30. The molecule has 1 aliphatic heterocycles. The molecule has 0 bridgehead atoms. The van der Waals surface area contributed by atoms with Crippen LogP contribution in [0.3, 0.4) is 0 Å². The molecule has 0 aliphatic carbocycles. The van der Waals surface area contributed by atoms with E-state index in [2.05, 4.69) is 50.8 Å². The van der Waals surface area contributed by atoms with Crippen molar-refractivity contribution in [2.75, 3.05) is 18.0 Å². The molecule has 1 saturated heterocycles. The second kappa shape index (κ2) is 4.93. The Labute approximate surface area is 111 Å². The van der Waals surface area contributed by atoms with Crippen molar-refractivity contribution in [1.29, 1.82) is 0 Å². The van der Waals surface area contributed by atoms with E-state index in [4.69, 9.17) is 5.73 Å². The predicted molar refractivity (Wildman–Crippen MR) is 79.1 cm³/mol. The average molecular weight is 246 g/mol. The summed E-state index contributed by atoms with van der Waals surface area (Å²) in [5.41, 5.74) is 10.2. The van der Waals surface area contributed by atoms with Gasteiger partial charge < -0.3 is 10.6 Å². The Bertz CT molecular complexity index is 423. The van der Waals surface area contributed by atoms with Gasteiger partial charge in [-0.1, -0.05) is 12.1 Å². The van der Waals surface area contributed by atoms with Gasteiger partial charge in [0, 0.05) is 17.8 Å². The molecule has 1 aromatic rings. The molecule has 2 nitrogen and oxygen atoms in total. The molecule has 100 valence electrons. The second-order valence-corrected chi connectivity index (χ2v) is 6.09. The van der Waals surface area contributed by atoms with Crippen molar-refractivity contribution in [1.82, 2.24) is 0 Å². The van der Waals surface area contributed by atoms with Crippen LogP contribution in [0.1, 0.15) is 37.8 Å². The van der Waals surface area contributed by atoms with Crippen LogP contribution in [0.4, 0.5) is 5.69 Å². The third-order valence-electron chi connectivity index (χ3n) is 4.78. The van der Waals surface area contributed by atoms with Gasteiger partial charge in [0.25, 0.3) is 0 Å². The summed E-state index contributed by atoms with van der Waals surface area (Å²) < 4.78 is 0.